The van der Waals surface area contributed by atoms with Crippen LogP contribution in [0.5, 0.6) is 0 Å². The number of ketones is 1. The van der Waals surface area contributed by atoms with Gasteiger partial charge in [-0.05, 0) is 68.8 Å². The molecule has 0 aliphatic rings. The molecule has 4 heteroatoms. The predicted octanol–water partition coefficient (Wildman–Crippen LogP) is 11.3. The number of hydrogen-bond acceptors (Lipinski definition) is 3. The quantitative estimate of drug-likeness (QED) is 0.145. The number of halogens is 1. The minimum atomic E-state index is 0.117. The molecule has 0 fully saturated rings. The van der Waals surface area contributed by atoms with Crippen LogP contribution < -0.4 is 5.32 Å². The van der Waals surface area contributed by atoms with Crippen molar-refractivity contribution in [1.82, 2.24) is 5.32 Å². The first-order valence-corrected chi connectivity index (χ1v) is 15.4. The summed E-state index contributed by atoms with van der Waals surface area (Å²) in [6, 6.07) is 25.7. The molecule has 42 heavy (non-hydrogen) atoms. The van der Waals surface area contributed by atoms with Crippen LogP contribution in [-0.4, -0.2) is 19.5 Å². The van der Waals surface area contributed by atoms with E-state index in [0.717, 1.165) is 29.3 Å². The summed E-state index contributed by atoms with van der Waals surface area (Å²) in [5, 5.41) is 3.76. The Labute approximate surface area is 262 Å². The Morgan fingerprint density at radius 1 is 0.905 bits per heavy atom. The van der Waals surface area contributed by atoms with E-state index >= 15 is 0 Å². The molecule has 0 amide bonds. The van der Waals surface area contributed by atoms with Gasteiger partial charge in [-0.25, -0.2) is 0 Å². The second-order valence-corrected chi connectivity index (χ2v) is 10.1. The molecule has 0 aromatic heterocycles. The summed E-state index contributed by atoms with van der Waals surface area (Å²) in [6.45, 7) is 22.4. The van der Waals surface area contributed by atoms with E-state index < -0.39 is 0 Å². The summed E-state index contributed by atoms with van der Waals surface area (Å²) in [7, 11) is 1.90. The molecule has 3 aromatic carbocycles. The van der Waals surface area contributed by atoms with Crippen LogP contribution in [0, 0.1) is 5.92 Å². The molecule has 3 rings (SSSR count). The highest BCUT2D eigenvalue weighted by Gasteiger charge is 1.98. The van der Waals surface area contributed by atoms with Crippen molar-refractivity contribution in [2.24, 2.45) is 10.9 Å². The first-order chi connectivity index (χ1) is 20.2. The van der Waals surface area contributed by atoms with Gasteiger partial charge in [0.2, 0.25) is 0 Å². The molecule has 0 unspecified atom stereocenters. The largest absolute Gasteiger partial charge is 0.316 e. The third kappa shape index (κ3) is 21.5. The Balaban J connectivity index is 0. The van der Waals surface area contributed by atoms with E-state index in [1.165, 1.54) is 36.8 Å². The Morgan fingerprint density at radius 3 is 1.83 bits per heavy atom. The first-order valence-electron chi connectivity index (χ1n) is 15.1. The van der Waals surface area contributed by atoms with Crippen molar-refractivity contribution in [2.75, 3.05) is 7.05 Å². The molecule has 3 aromatic rings. The molecular weight excluding hydrogens is 536 g/mol. The lowest BCUT2D eigenvalue weighted by atomic mass is 10.1. The molecule has 0 radical (unpaired) electrons. The number of benzene rings is 3. The fraction of sp³-hybridized carbons (Fsp3) is 0.368. The average Bonchev–Trinajstić information content (AvgIpc) is 3.02. The van der Waals surface area contributed by atoms with Gasteiger partial charge in [-0.15, -0.1) is 0 Å². The zero-order chi connectivity index (χ0) is 32.2. The highest BCUT2D eigenvalue weighted by atomic mass is 35.5. The monoisotopic (exact) mass is 590 g/mol. The van der Waals surface area contributed by atoms with Gasteiger partial charge in [-0.2, -0.15) is 0 Å². The van der Waals surface area contributed by atoms with Gasteiger partial charge in [0.1, 0.15) is 0 Å². The van der Waals surface area contributed by atoms with Gasteiger partial charge in [-0.3, -0.25) is 9.79 Å². The highest BCUT2D eigenvalue weighted by molar-refractivity contribution is 6.30. The second kappa shape index (κ2) is 27.9. The zero-order valence-electron chi connectivity index (χ0n) is 27.4. The predicted molar refractivity (Wildman–Crippen MR) is 190 cm³/mol. The third-order valence-corrected chi connectivity index (χ3v) is 6.06. The van der Waals surface area contributed by atoms with Crippen LogP contribution in [0.2, 0.25) is 5.02 Å². The summed E-state index contributed by atoms with van der Waals surface area (Å²) >= 11 is 5.75. The van der Waals surface area contributed by atoms with E-state index in [4.69, 9.17) is 11.6 Å². The normalized spacial score (nSPS) is 9.81. The van der Waals surface area contributed by atoms with E-state index in [2.05, 4.69) is 81.6 Å². The van der Waals surface area contributed by atoms with Crippen molar-refractivity contribution >= 4 is 29.8 Å². The number of carbonyl (C=O) groups is 1. The van der Waals surface area contributed by atoms with Crippen molar-refractivity contribution in [1.29, 1.82) is 0 Å². The van der Waals surface area contributed by atoms with Crippen LogP contribution in [-0.2, 0) is 13.0 Å². The van der Waals surface area contributed by atoms with Crippen LogP contribution in [0.1, 0.15) is 94.8 Å². The van der Waals surface area contributed by atoms with E-state index in [-0.39, 0.29) is 5.78 Å². The number of rotatable bonds is 10. The van der Waals surface area contributed by atoms with Crippen LogP contribution in [0.4, 0.5) is 0 Å². The molecule has 1 N–H and O–H groups in total. The number of allylic oxidation sites excluding steroid dienone is 2. The van der Waals surface area contributed by atoms with Crippen LogP contribution in [0.3, 0.4) is 0 Å². The molecule has 0 saturated heterocycles. The molecule has 0 atom stereocenters. The van der Waals surface area contributed by atoms with Gasteiger partial charge in [0, 0.05) is 22.7 Å². The Kier molecular flexibility index (Phi) is 27.1. The number of aryl methyl sites for hydroxylation is 1. The first kappa shape index (κ1) is 40.9. The number of nitrogens with one attached hydrogen (secondary N) is 1. The van der Waals surface area contributed by atoms with Crippen molar-refractivity contribution in [2.45, 2.75) is 80.7 Å². The molecule has 3 nitrogen and oxygen atoms in total. The second-order valence-electron chi connectivity index (χ2n) is 9.63. The number of Topliss-reactive ketones (excluding diaryl/α,β-unsaturated/α-hetero) is 1. The molecular formula is C38H55ClN2O. The maximum Gasteiger partial charge on any atom is 0.159 e. The molecule has 0 heterocycles. The number of hydrogen-bond donors (Lipinski definition) is 1. The van der Waals surface area contributed by atoms with Gasteiger partial charge in [0.15, 0.2) is 5.78 Å². The van der Waals surface area contributed by atoms with Gasteiger partial charge < -0.3 is 5.32 Å². The summed E-state index contributed by atoms with van der Waals surface area (Å²) in [6.07, 6.45) is 8.62. The molecule has 0 spiro atoms. The molecule has 0 saturated carbocycles. The number of carbonyl (C=O) groups excluding carboxylic acids is 1. The van der Waals surface area contributed by atoms with Crippen LogP contribution >= 0.6 is 11.6 Å². The third-order valence-electron chi connectivity index (χ3n) is 5.81. The number of nitrogens with zero attached hydrogens (tertiary/aromatic N) is 1. The van der Waals surface area contributed by atoms with Crippen molar-refractivity contribution in [3.05, 3.63) is 125 Å². The van der Waals surface area contributed by atoms with Crippen molar-refractivity contribution in [3.63, 3.8) is 0 Å². The van der Waals surface area contributed by atoms with Gasteiger partial charge >= 0.3 is 0 Å². The summed E-state index contributed by atoms with van der Waals surface area (Å²) < 4.78 is 0. The smallest absolute Gasteiger partial charge is 0.159 e. The lowest BCUT2D eigenvalue weighted by molar-refractivity contribution is 0.101. The molecule has 0 aliphatic carbocycles. The highest BCUT2D eigenvalue weighted by Crippen LogP contribution is 2.18. The molecule has 0 aliphatic heterocycles. The van der Waals surface area contributed by atoms with Crippen LogP contribution in [0.15, 0.2) is 103 Å². The average molecular weight is 591 g/mol. The Morgan fingerprint density at radius 2 is 1.43 bits per heavy atom. The standard InChI is InChI=1S/C11H10ClN.C10H13NO.C10H14.C5H12.C2H6/c1-3-4-11(13-2)9-5-7-10(12)8-6-9;1-8(12)10-5-3-9(4-6-10)7-11-2;1-2-3-7-10-8-5-4-6-9-10;1-4-5(2)3;1-2/h3-8H,1-2H2;3-6,11H,7H2,1-2H3;4-6,8-9H,2-3,7H2,1H3;5H,4H2,1-3H3;1-2H3/b11-4-;;;;. The lowest BCUT2D eigenvalue weighted by Crippen LogP contribution is -2.05. The summed E-state index contributed by atoms with van der Waals surface area (Å²) in [5.41, 5.74) is 5.22. The minimum Gasteiger partial charge on any atom is -0.316 e. The van der Waals surface area contributed by atoms with Crippen molar-refractivity contribution in [3.8, 4) is 0 Å². The summed E-state index contributed by atoms with van der Waals surface area (Å²) in [5.74, 6) is 1.00. The minimum absolute atomic E-state index is 0.117. The zero-order valence-corrected chi connectivity index (χ0v) is 28.2. The van der Waals surface area contributed by atoms with E-state index in [9.17, 15) is 4.79 Å². The maximum absolute atomic E-state index is 10.9. The van der Waals surface area contributed by atoms with E-state index in [0.29, 0.717) is 5.02 Å². The SMILES string of the molecule is C=C/C=C(\N=C)c1ccc(Cl)cc1.CC.CCC(C)C.CCCCc1ccccc1.CNCc1ccc(C(C)=O)cc1. The molecule has 0 bridgehead atoms. The Bertz CT molecular complexity index is 1100. The van der Waals surface area contributed by atoms with Gasteiger partial charge in [0.25, 0.3) is 0 Å². The fourth-order valence-electron chi connectivity index (χ4n) is 3.06. The Hall–Kier alpha value is -3.27. The van der Waals surface area contributed by atoms with E-state index in [1.54, 1.807) is 19.1 Å². The maximum atomic E-state index is 10.9. The number of unbranched alkanes of at least 4 members (excludes halogenated alkanes) is 1. The molecule has 230 valence electrons. The van der Waals surface area contributed by atoms with Gasteiger partial charge in [-0.1, -0.05) is 145 Å². The van der Waals surface area contributed by atoms with Crippen molar-refractivity contribution < 1.29 is 4.79 Å². The van der Waals surface area contributed by atoms with E-state index in [1.807, 2.05) is 69.4 Å². The summed E-state index contributed by atoms with van der Waals surface area (Å²) in [4.78, 5) is 14.8. The van der Waals surface area contributed by atoms with Crippen LogP contribution in [0.25, 0.3) is 5.70 Å². The number of aliphatic imine (C=N–C) groups is 1. The fourth-order valence-corrected chi connectivity index (χ4v) is 3.19. The lowest BCUT2D eigenvalue weighted by Gasteiger charge is -2.00. The van der Waals surface area contributed by atoms with Gasteiger partial charge in [0.05, 0.1) is 5.70 Å². The topological polar surface area (TPSA) is 41.5 Å².